The van der Waals surface area contributed by atoms with E-state index in [0.29, 0.717) is 17.1 Å². The first-order chi connectivity index (χ1) is 12.0. The number of hydrogen-bond acceptors (Lipinski definition) is 4. The van der Waals surface area contributed by atoms with Crippen molar-refractivity contribution in [1.29, 1.82) is 0 Å². The maximum atomic E-state index is 14.5. The number of methoxy groups -OCH3 is 1. The van der Waals surface area contributed by atoms with E-state index >= 15 is 0 Å². The van der Waals surface area contributed by atoms with E-state index in [1.54, 1.807) is 18.3 Å². The Morgan fingerprint density at radius 3 is 2.68 bits per heavy atom. The van der Waals surface area contributed by atoms with E-state index in [0.717, 1.165) is 11.4 Å². The molecule has 3 aromatic rings. The van der Waals surface area contributed by atoms with Crippen molar-refractivity contribution in [2.75, 3.05) is 12.4 Å². The Kier molecular flexibility index (Phi) is 4.47. The van der Waals surface area contributed by atoms with Crippen LogP contribution >= 0.6 is 0 Å². The molecule has 0 saturated heterocycles. The fourth-order valence-corrected chi connectivity index (χ4v) is 2.54. The molecule has 6 nitrogen and oxygen atoms in total. The fraction of sp³-hybridized carbons (Fsp3) is 0.167. The summed E-state index contributed by atoms with van der Waals surface area (Å²) in [4.78, 5) is 16.3. The fourth-order valence-electron chi connectivity index (χ4n) is 2.54. The summed E-state index contributed by atoms with van der Waals surface area (Å²) in [6.07, 6.45) is 3.02. The van der Waals surface area contributed by atoms with Crippen LogP contribution in [0.3, 0.4) is 0 Å². The van der Waals surface area contributed by atoms with Gasteiger partial charge in [-0.1, -0.05) is 0 Å². The van der Waals surface area contributed by atoms with Crippen LogP contribution in [0.1, 0.15) is 21.7 Å². The molecule has 7 heteroatoms. The molecule has 2 heterocycles. The van der Waals surface area contributed by atoms with Gasteiger partial charge in [-0.2, -0.15) is 5.10 Å². The van der Waals surface area contributed by atoms with Crippen LogP contribution in [0.5, 0.6) is 5.75 Å². The molecule has 0 bridgehead atoms. The van der Waals surface area contributed by atoms with Gasteiger partial charge in [0.25, 0.3) is 5.91 Å². The van der Waals surface area contributed by atoms with Crippen LogP contribution in [-0.4, -0.2) is 27.8 Å². The molecule has 25 heavy (non-hydrogen) atoms. The maximum absolute atomic E-state index is 14.5. The van der Waals surface area contributed by atoms with Crippen LogP contribution in [0, 0.1) is 19.7 Å². The van der Waals surface area contributed by atoms with Crippen LogP contribution in [0.4, 0.5) is 10.1 Å². The molecule has 1 N–H and O–H groups in total. The lowest BCUT2D eigenvalue weighted by atomic mass is 10.1. The second kappa shape index (κ2) is 6.72. The highest BCUT2D eigenvalue weighted by Crippen LogP contribution is 2.23. The number of nitrogens with one attached hydrogen (secondary N) is 1. The Bertz CT molecular complexity index is 937. The predicted molar refractivity (Wildman–Crippen MR) is 91.7 cm³/mol. The van der Waals surface area contributed by atoms with Crippen molar-refractivity contribution < 1.29 is 13.9 Å². The van der Waals surface area contributed by atoms with Gasteiger partial charge < -0.3 is 10.1 Å². The molecule has 128 valence electrons. The van der Waals surface area contributed by atoms with Crippen molar-refractivity contribution in [2.45, 2.75) is 13.8 Å². The summed E-state index contributed by atoms with van der Waals surface area (Å²) in [6, 6.07) is 7.75. The van der Waals surface area contributed by atoms with E-state index in [9.17, 15) is 9.18 Å². The number of rotatable bonds is 4. The molecule has 0 radical (unpaired) electrons. The summed E-state index contributed by atoms with van der Waals surface area (Å²) in [5.74, 6) is -0.509. The van der Waals surface area contributed by atoms with Gasteiger partial charge in [-0.05, 0) is 38.1 Å². The summed E-state index contributed by atoms with van der Waals surface area (Å²) >= 11 is 0. The van der Waals surface area contributed by atoms with Crippen LogP contribution in [0.15, 0.2) is 42.7 Å². The zero-order valence-corrected chi connectivity index (χ0v) is 14.1. The van der Waals surface area contributed by atoms with Crippen molar-refractivity contribution in [2.24, 2.45) is 0 Å². The first-order valence-electron chi connectivity index (χ1n) is 7.62. The number of pyridine rings is 1. The smallest absolute Gasteiger partial charge is 0.255 e. The maximum Gasteiger partial charge on any atom is 0.255 e. The largest absolute Gasteiger partial charge is 0.494 e. The molecule has 1 amide bonds. The molecule has 3 rings (SSSR count). The minimum absolute atomic E-state index is 0.189. The molecule has 0 fully saturated rings. The molecule has 0 atom stereocenters. The van der Waals surface area contributed by atoms with Gasteiger partial charge in [0, 0.05) is 23.5 Å². The summed E-state index contributed by atoms with van der Waals surface area (Å²) in [5.41, 5.74) is 2.50. The molecule has 0 unspecified atom stereocenters. The number of anilines is 1. The van der Waals surface area contributed by atoms with Crippen LogP contribution in [-0.2, 0) is 0 Å². The van der Waals surface area contributed by atoms with E-state index in [1.165, 1.54) is 30.1 Å². The Morgan fingerprint density at radius 2 is 2.04 bits per heavy atom. The summed E-state index contributed by atoms with van der Waals surface area (Å²) in [6.45, 7) is 3.68. The quantitative estimate of drug-likeness (QED) is 0.791. The van der Waals surface area contributed by atoms with Crippen molar-refractivity contribution in [1.82, 2.24) is 14.8 Å². The lowest BCUT2D eigenvalue weighted by Crippen LogP contribution is -2.14. The first-order valence-corrected chi connectivity index (χ1v) is 7.62. The Balaban J connectivity index is 1.87. The molecule has 0 aliphatic carbocycles. The number of amides is 1. The lowest BCUT2D eigenvalue weighted by Gasteiger charge is -2.11. The number of ether oxygens (including phenoxy) is 1. The molecular formula is C18H17FN4O2. The van der Waals surface area contributed by atoms with Crippen molar-refractivity contribution >= 4 is 11.6 Å². The highest BCUT2D eigenvalue weighted by atomic mass is 19.1. The minimum atomic E-state index is -0.531. The third kappa shape index (κ3) is 3.35. The van der Waals surface area contributed by atoms with Gasteiger partial charge >= 0.3 is 0 Å². The van der Waals surface area contributed by atoms with Gasteiger partial charge in [0.05, 0.1) is 19.0 Å². The van der Waals surface area contributed by atoms with Gasteiger partial charge in [0.2, 0.25) is 0 Å². The Labute approximate surface area is 144 Å². The third-order valence-corrected chi connectivity index (χ3v) is 3.70. The van der Waals surface area contributed by atoms with E-state index in [4.69, 9.17) is 4.74 Å². The summed E-state index contributed by atoms with van der Waals surface area (Å²) in [5, 5.41) is 6.92. The Morgan fingerprint density at radius 1 is 1.24 bits per heavy atom. The molecule has 2 aromatic heterocycles. The van der Waals surface area contributed by atoms with Gasteiger partial charge in [0.1, 0.15) is 22.9 Å². The summed E-state index contributed by atoms with van der Waals surface area (Å²) in [7, 11) is 1.49. The Hall–Kier alpha value is -3.22. The normalized spacial score (nSPS) is 10.6. The van der Waals surface area contributed by atoms with Gasteiger partial charge in [0.15, 0.2) is 0 Å². The van der Waals surface area contributed by atoms with Crippen LogP contribution < -0.4 is 10.1 Å². The lowest BCUT2D eigenvalue weighted by molar-refractivity contribution is 0.102. The summed E-state index contributed by atoms with van der Waals surface area (Å²) < 4.78 is 21.2. The number of carbonyl (C=O) groups is 1. The number of aromatic nitrogens is 3. The second-order valence-electron chi connectivity index (χ2n) is 5.54. The van der Waals surface area contributed by atoms with E-state index in [-0.39, 0.29) is 5.56 Å². The number of aryl methyl sites for hydroxylation is 2. The highest BCUT2D eigenvalue weighted by molar-refractivity contribution is 6.05. The predicted octanol–water partition coefficient (Wildman–Crippen LogP) is 3.28. The molecule has 0 aliphatic heterocycles. The minimum Gasteiger partial charge on any atom is -0.494 e. The van der Waals surface area contributed by atoms with E-state index < -0.39 is 11.7 Å². The second-order valence-corrected chi connectivity index (χ2v) is 5.54. The average Bonchev–Trinajstić information content (AvgIpc) is 2.93. The zero-order valence-electron chi connectivity index (χ0n) is 14.1. The molecular weight excluding hydrogens is 323 g/mol. The van der Waals surface area contributed by atoms with Crippen LogP contribution in [0.2, 0.25) is 0 Å². The average molecular weight is 340 g/mol. The number of benzene rings is 1. The first kappa shape index (κ1) is 16.6. The van der Waals surface area contributed by atoms with Gasteiger partial charge in [-0.25, -0.2) is 9.07 Å². The van der Waals surface area contributed by atoms with Gasteiger partial charge in [-0.15, -0.1) is 0 Å². The standard InChI is InChI=1S/C18H17FN4O2/c1-11-8-12(2)23(22-11)16-5-4-13(9-14(16)19)18(24)21-15-10-20-7-6-17(15)25-3/h4-10H,1-3H3,(H,21,24). The molecule has 0 aliphatic rings. The van der Waals surface area contributed by atoms with Crippen molar-refractivity contribution in [3.05, 3.63) is 65.5 Å². The molecule has 1 aromatic carbocycles. The van der Waals surface area contributed by atoms with Crippen LogP contribution in [0.25, 0.3) is 5.69 Å². The zero-order chi connectivity index (χ0) is 18.0. The monoisotopic (exact) mass is 340 g/mol. The number of hydrogen-bond donors (Lipinski definition) is 1. The van der Waals surface area contributed by atoms with E-state index in [2.05, 4.69) is 15.4 Å². The topological polar surface area (TPSA) is 69.0 Å². The molecule has 0 saturated carbocycles. The highest BCUT2D eigenvalue weighted by Gasteiger charge is 2.14. The van der Waals surface area contributed by atoms with Gasteiger partial charge in [-0.3, -0.25) is 9.78 Å². The number of nitrogens with zero attached hydrogens (tertiary/aromatic N) is 3. The van der Waals surface area contributed by atoms with Crippen molar-refractivity contribution in [3.63, 3.8) is 0 Å². The number of carbonyl (C=O) groups excluding carboxylic acids is 1. The SMILES string of the molecule is COc1ccncc1NC(=O)c1ccc(-n2nc(C)cc2C)c(F)c1. The number of halogens is 1. The third-order valence-electron chi connectivity index (χ3n) is 3.70. The van der Waals surface area contributed by atoms with Crippen molar-refractivity contribution in [3.8, 4) is 11.4 Å². The van der Waals surface area contributed by atoms with E-state index in [1.807, 2.05) is 19.9 Å². The molecule has 0 spiro atoms.